The zero-order chi connectivity index (χ0) is 26.5. The normalized spacial score (nSPS) is 10.4. The van der Waals surface area contributed by atoms with Gasteiger partial charge in [-0.1, -0.05) is 12.1 Å². The quantitative estimate of drug-likeness (QED) is 0.209. The maximum absolute atomic E-state index is 12.1. The summed E-state index contributed by atoms with van der Waals surface area (Å²) >= 11 is 0. The van der Waals surface area contributed by atoms with Gasteiger partial charge in [-0.05, 0) is 78.7 Å². The summed E-state index contributed by atoms with van der Waals surface area (Å²) in [6, 6.07) is 20.9. The minimum Gasteiger partial charge on any atom is -0.497 e. The van der Waals surface area contributed by atoms with Gasteiger partial charge in [0.1, 0.15) is 17.2 Å². The highest BCUT2D eigenvalue weighted by molar-refractivity contribution is 6.35. The molecule has 10 heteroatoms. The lowest BCUT2D eigenvalue weighted by atomic mass is 10.2. The zero-order valence-corrected chi connectivity index (χ0v) is 20.5. The monoisotopic (exact) mass is 504 g/mol. The van der Waals surface area contributed by atoms with Crippen molar-refractivity contribution in [2.75, 3.05) is 25.6 Å². The van der Waals surface area contributed by atoms with Gasteiger partial charge in [0, 0.05) is 12.2 Å². The number of carbonyl (C=O) groups is 3. The minimum atomic E-state index is -0.886. The fourth-order valence-electron chi connectivity index (χ4n) is 3.02. The Morgan fingerprint density at radius 3 is 2.08 bits per heavy atom. The third-order valence-electron chi connectivity index (χ3n) is 4.90. The second-order valence-electron chi connectivity index (χ2n) is 7.59. The van der Waals surface area contributed by atoms with Crippen LogP contribution in [-0.4, -0.2) is 44.3 Å². The number of ether oxygens (including phenoxy) is 3. The summed E-state index contributed by atoms with van der Waals surface area (Å²) in [6.07, 6.45) is 1.39. The Labute approximate surface area is 214 Å². The fraction of sp³-hybridized carbons (Fsp3) is 0.185. The standard InChI is InChI=1S/C27H28N4O6/c1-3-36-23-14-8-21(9-15-23)30-25(32)18-37-24-12-6-20(7-13-24)17-29-31-27(34)26(33)28-16-19-4-10-22(35-2)11-5-19/h4-15,17H,3,16,18H2,1-2H3,(H,28,33)(H,30,32)(H,31,34)/b29-17-. The highest BCUT2D eigenvalue weighted by atomic mass is 16.5. The van der Waals surface area contributed by atoms with E-state index in [1.807, 2.05) is 6.92 Å². The predicted molar refractivity (Wildman–Crippen MR) is 139 cm³/mol. The van der Waals surface area contributed by atoms with Crippen LogP contribution >= 0.6 is 0 Å². The highest BCUT2D eigenvalue weighted by Gasteiger charge is 2.12. The van der Waals surface area contributed by atoms with Crippen LogP contribution in [0.3, 0.4) is 0 Å². The maximum atomic E-state index is 12.1. The molecule has 0 fully saturated rings. The van der Waals surface area contributed by atoms with Crippen LogP contribution in [0.25, 0.3) is 0 Å². The van der Waals surface area contributed by atoms with Gasteiger partial charge < -0.3 is 24.8 Å². The number of amides is 3. The molecule has 10 nitrogen and oxygen atoms in total. The molecule has 0 spiro atoms. The molecule has 3 rings (SSSR count). The summed E-state index contributed by atoms with van der Waals surface area (Å²) in [5.74, 6) is -0.0764. The molecule has 0 bridgehead atoms. The van der Waals surface area contributed by atoms with Crippen LogP contribution in [-0.2, 0) is 20.9 Å². The topological polar surface area (TPSA) is 127 Å². The summed E-state index contributed by atoms with van der Waals surface area (Å²) in [4.78, 5) is 36.0. The van der Waals surface area contributed by atoms with Crippen molar-refractivity contribution < 1.29 is 28.6 Å². The molecule has 0 atom stereocenters. The molecule has 3 amide bonds. The third-order valence-corrected chi connectivity index (χ3v) is 4.90. The first-order valence-corrected chi connectivity index (χ1v) is 11.5. The van der Waals surface area contributed by atoms with Crippen LogP contribution in [0.5, 0.6) is 17.2 Å². The van der Waals surface area contributed by atoms with Gasteiger partial charge in [-0.3, -0.25) is 14.4 Å². The van der Waals surface area contributed by atoms with Gasteiger partial charge in [-0.2, -0.15) is 5.10 Å². The summed E-state index contributed by atoms with van der Waals surface area (Å²) < 4.78 is 15.9. The molecule has 0 aliphatic heterocycles. The van der Waals surface area contributed by atoms with Gasteiger partial charge in [-0.15, -0.1) is 0 Å². The molecule has 37 heavy (non-hydrogen) atoms. The van der Waals surface area contributed by atoms with Gasteiger partial charge in [0.25, 0.3) is 5.91 Å². The Morgan fingerprint density at radius 2 is 1.43 bits per heavy atom. The van der Waals surface area contributed by atoms with E-state index in [1.165, 1.54) is 6.21 Å². The Morgan fingerprint density at radius 1 is 0.811 bits per heavy atom. The molecule has 3 aromatic carbocycles. The van der Waals surface area contributed by atoms with E-state index >= 15 is 0 Å². The largest absolute Gasteiger partial charge is 0.497 e. The third kappa shape index (κ3) is 9.02. The molecular formula is C27H28N4O6. The molecule has 0 radical (unpaired) electrons. The first-order valence-electron chi connectivity index (χ1n) is 11.5. The summed E-state index contributed by atoms with van der Waals surface area (Å²) in [5.41, 5.74) is 4.30. The van der Waals surface area contributed by atoms with E-state index in [0.717, 1.165) is 11.3 Å². The number of carbonyl (C=O) groups excluding carboxylic acids is 3. The van der Waals surface area contributed by atoms with Gasteiger partial charge in [0.15, 0.2) is 6.61 Å². The molecule has 3 aromatic rings. The van der Waals surface area contributed by atoms with Crippen LogP contribution in [0.2, 0.25) is 0 Å². The number of benzene rings is 3. The van der Waals surface area contributed by atoms with E-state index in [1.54, 1.807) is 79.9 Å². The van der Waals surface area contributed by atoms with Crippen molar-refractivity contribution in [2.45, 2.75) is 13.5 Å². The number of anilines is 1. The lowest BCUT2D eigenvalue weighted by Gasteiger charge is -2.09. The Kier molecular flexibility index (Phi) is 10.0. The number of rotatable bonds is 11. The Hall–Kier alpha value is -4.86. The van der Waals surface area contributed by atoms with E-state index < -0.39 is 11.8 Å². The number of hydrogen-bond acceptors (Lipinski definition) is 7. The molecule has 0 saturated carbocycles. The summed E-state index contributed by atoms with van der Waals surface area (Å²) in [7, 11) is 1.57. The minimum absolute atomic E-state index is 0.164. The molecule has 3 N–H and O–H groups in total. The maximum Gasteiger partial charge on any atom is 0.329 e. The van der Waals surface area contributed by atoms with Crippen molar-refractivity contribution >= 4 is 29.6 Å². The molecule has 0 unspecified atom stereocenters. The lowest BCUT2D eigenvalue weighted by molar-refractivity contribution is -0.139. The predicted octanol–water partition coefficient (Wildman–Crippen LogP) is 2.88. The summed E-state index contributed by atoms with van der Waals surface area (Å²) in [5, 5.41) is 9.06. The second-order valence-corrected chi connectivity index (χ2v) is 7.59. The SMILES string of the molecule is CCOc1ccc(NC(=O)COc2ccc(/C=N\NC(=O)C(=O)NCc3ccc(OC)cc3)cc2)cc1. The fourth-order valence-corrected chi connectivity index (χ4v) is 3.02. The van der Waals surface area contributed by atoms with Crippen molar-refractivity contribution in [1.82, 2.24) is 10.7 Å². The van der Waals surface area contributed by atoms with Gasteiger partial charge >= 0.3 is 11.8 Å². The molecule has 0 aromatic heterocycles. The molecule has 0 heterocycles. The van der Waals surface area contributed by atoms with Crippen molar-refractivity contribution in [1.29, 1.82) is 0 Å². The van der Waals surface area contributed by atoms with Crippen molar-refractivity contribution in [3.8, 4) is 17.2 Å². The number of hydrogen-bond donors (Lipinski definition) is 3. The number of nitrogens with zero attached hydrogens (tertiary/aromatic N) is 1. The van der Waals surface area contributed by atoms with Gasteiger partial charge in [-0.25, -0.2) is 5.43 Å². The van der Waals surface area contributed by atoms with Crippen LogP contribution in [0, 0.1) is 0 Å². The number of methoxy groups -OCH3 is 1. The van der Waals surface area contributed by atoms with Gasteiger partial charge in [0.2, 0.25) is 0 Å². The van der Waals surface area contributed by atoms with Crippen LogP contribution in [0.15, 0.2) is 77.9 Å². The van der Waals surface area contributed by atoms with Crippen molar-refractivity contribution in [2.24, 2.45) is 5.10 Å². The highest BCUT2D eigenvalue weighted by Crippen LogP contribution is 2.16. The average molecular weight is 505 g/mol. The molecule has 0 saturated heterocycles. The first kappa shape index (κ1) is 26.7. The number of hydrazone groups is 1. The second kappa shape index (κ2) is 13.9. The van der Waals surface area contributed by atoms with Crippen molar-refractivity contribution in [3.05, 3.63) is 83.9 Å². The lowest BCUT2D eigenvalue weighted by Crippen LogP contribution is -2.37. The van der Waals surface area contributed by atoms with E-state index in [4.69, 9.17) is 14.2 Å². The van der Waals surface area contributed by atoms with E-state index in [9.17, 15) is 14.4 Å². The van der Waals surface area contributed by atoms with Crippen LogP contribution in [0.4, 0.5) is 5.69 Å². The summed E-state index contributed by atoms with van der Waals surface area (Å²) in [6.45, 7) is 2.50. The smallest absolute Gasteiger partial charge is 0.329 e. The van der Waals surface area contributed by atoms with Crippen LogP contribution < -0.4 is 30.3 Å². The van der Waals surface area contributed by atoms with E-state index in [2.05, 4.69) is 21.2 Å². The van der Waals surface area contributed by atoms with E-state index in [-0.39, 0.29) is 19.1 Å². The average Bonchev–Trinajstić information content (AvgIpc) is 2.92. The van der Waals surface area contributed by atoms with E-state index in [0.29, 0.717) is 29.4 Å². The molecule has 192 valence electrons. The first-order chi connectivity index (χ1) is 18.0. The molecular weight excluding hydrogens is 476 g/mol. The van der Waals surface area contributed by atoms with Gasteiger partial charge in [0.05, 0.1) is 19.9 Å². The zero-order valence-electron chi connectivity index (χ0n) is 20.5. The molecule has 0 aliphatic carbocycles. The van der Waals surface area contributed by atoms with Crippen LogP contribution in [0.1, 0.15) is 18.1 Å². The van der Waals surface area contributed by atoms with Crippen molar-refractivity contribution in [3.63, 3.8) is 0 Å². The number of nitrogens with one attached hydrogen (secondary N) is 3. The Bertz CT molecular complexity index is 1210. The Balaban J connectivity index is 1.37. The molecule has 0 aliphatic rings.